The zero-order valence-electron chi connectivity index (χ0n) is 10.3. The van der Waals surface area contributed by atoms with Gasteiger partial charge in [0, 0.05) is 19.1 Å². The van der Waals surface area contributed by atoms with Gasteiger partial charge < -0.3 is 0 Å². The molecule has 3 heteroatoms. The molecule has 2 aliphatic rings. The zero-order chi connectivity index (χ0) is 11.3. The van der Waals surface area contributed by atoms with Crippen molar-refractivity contribution in [3.63, 3.8) is 0 Å². The average Bonchev–Trinajstić information content (AvgIpc) is 2.62. The van der Waals surface area contributed by atoms with Crippen molar-refractivity contribution < 1.29 is 4.79 Å². The minimum Gasteiger partial charge on any atom is -0.296 e. The van der Waals surface area contributed by atoms with Gasteiger partial charge in [-0.05, 0) is 32.1 Å². The van der Waals surface area contributed by atoms with Gasteiger partial charge in [0.25, 0.3) is 0 Å². The molecular formula is C12H22N2O. The third-order valence-corrected chi connectivity index (χ3v) is 4.30. The number of ketones is 1. The summed E-state index contributed by atoms with van der Waals surface area (Å²) < 4.78 is 0. The number of hydrogen-bond donors (Lipinski definition) is 1. The smallest absolute Gasteiger partial charge is 0.164 e. The van der Waals surface area contributed by atoms with E-state index in [9.17, 15) is 4.79 Å². The van der Waals surface area contributed by atoms with Gasteiger partial charge in [0.05, 0.1) is 0 Å². The maximum absolute atomic E-state index is 11.8. The van der Waals surface area contributed by atoms with Crippen molar-refractivity contribution in [2.24, 2.45) is 5.41 Å². The Hall–Kier alpha value is -0.410. The molecule has 0 amide bonds. The van der Waals surface area contributed by atoms with Gasteiger partial charge in [0.2, 0.25) is 0 Å². The molecule has 0 aliphatic carbocycles. The molecule has 0 saturated carbocycles. The van der Waals surface area contributed by atoms with E-state index < -0.39 is 5.66 Å². The fourth-order valence-electron chi connectivity index (χ4n) is 3.06. The molecule has 86 valence electrons. The van der Waals surface area contributed by atoms with Crippen molar-refractivity contribution in [3.8, 4) is 0 Å². The van der Waals surface area contributed by atoms with Crippen molar-refractivity contribution in [2.75, 3.05) is 13.1 Å². The first-order valence-electron chi connectivity index (χ1n) is 5.91. The number of carbonyl (C=O) groups is 1. The summed E-state index contributed by atoms with van der Waals surface area (Å²) >= 11 is 0. The number of fused-ring (bicyclic) bond motifs is 1. The first-order chi connectivity index (χ1) is 6.88. The molecule has 0 aromatic rings. The Morgan fingerprint density at radius 1 is 1.40 bits per heavy atom. The molecule has 0 bridgehead atoms. The van der Waals surface area contributed by atoms with Crippen LogP contribution in [0.15, 0.2) is 0 Å². The zero-order valence-corrected chi connectivity index (χ0v) is 10.3. The van der Waals surface area contributed by atoms with Crippen molar-refractivity contribution in [1.29, 1.82) is 0 Å². The highest BCUT2D eigenvalue weighted by molar-refractivity contribution is 5.85. The van der Waals surface area contributed by atoms with Crippen LogP contribution in [0, 0.1) is 5.41 Å². The van der Waals surface area contributed by atoms with E-state index in [1.165, 1.54) is 12.8 Å². The molecule has 2 rings (SSSR count). The lowest BCUT2D eigenvalue weighted by atomic mass is 9.78. The van der Waals surface area contributed by atoms with Crippen LogP contribution >= 0.6 is 0 Å². The van der Waals surface area contributed by atoms with Crippen LogP contribution in [0.1, 0.15) is 40.5 Å². The van der Waals surface area contributed by atoms with Crippen molar-refractivity contribution in [3.05, 3.63) is 0 Å². The number of hydrogen-bond acceptors (Lipinski definition) is 3. The molecule has 0 radical (unpaired) electrons. The minimum absolute atomic E-state index is 0.241. The Balaban J connectivity index is 2.31. The predicted octanol–water partition coefficient (Wildman–Crippen LogP) is 1.39. The number of Topliss-reactive ketones (excluding diaryl/α,β-unsaturated/α-hetero) is 1. The van der Waals surface area contributed by atoms with Gasteiger partial charge in [-0.2, -0.15) is 0 Å². The van der Waals surface area contributed by atoms with Gasteiger partial charge in [-0.1, -0.05) is 13.8 Å². The molecular weight excluding hydrogens is 188 g/mol. The number of carbonyl (C=O) groups excluding carboxylic acids is 1. The average molecular weight is 210 g/mol. The summed E-state index contributed by atoms with van der Waals surface area (Å²) in [4.78, 5) is 14.1. The maximum atomic E-state index is 11.8. The summed E-state index contributed by atoms with van der Waals surface area (Å²) in [5, 5.41) is 3.43. The minimum atomic E-state index is -0.420. The van der Waals surface area contributed by atoms with Gasteiger partial charge in [0.1, 0.15) is 5.66 Å². The van der Waals surface area contributed by atoms with Crippen LogP contribution in [0.4, 0.5) is 0 Å². The Kier molecular flexibility index (Phi) is 2.43. The highest BCUT2D eigenvalue weighted by Gasteiger charge is 2.51. The van der Waals surface area contributed by atoms with Gasteiger partial charge in [-0.25, -0.2) is 0 Å². The lowest BCUT2D eigenvalue weighted by molar-refractivity contribution is -0.138. The summed E-state index contributed by atoms with van der Waals surface area (Å²) in [6.07, 6.45) is 2.45. The summed E-state index contributed by atoms with van der Waals surface area (Å²) in [5.74, 6) is 0.241. The third-order valence-electron chi connectivity index (χ3n) is 4.30. The molecule has 2 aliphatic heterocycles. The molecule has 2 fully saturated rings. The monoisotopic (exact) mass is 210 g/mol. The van der Waals surface area contributed by atoms with Gasteiger partial charge in [-0.3, -0.25) is 15.0 Å². The van der Waals surface area contributed by atoms with Crippen molar-refractivity contribution in [2.45, 2.75) is 52.2 Å². The largest absolute Gasteiger partial charge is 0.296 e. The van der Waals surface area contributed by atoms with Crippen molar-refractivity contribution >= 4 is 5.78 Å². The van der Waals surface area contributed by atoms with E-state index in [1.54, 1.807) is 6.92 Å². The third kappa shape index (κ3) is 1.53. The van der Waals surface area contributed by atoms with Crippen LogP contribution in [-0.2, 0) is 4.79 Å². The van der Waals surface area contributed by atoms with Crippen LogP contribution in [0.25, 0.3) is 0 Å². The first kappa shape index (κ1) is 11.1. The molecule has 0 aromatic carbocycles. The van der Waals surface area contributed by atoms with Crippen LogP contribution in [0.2, 0.25) is 0 Å². The van der Waals surface area contributed by atoms with Crippen LogP contribution in [-0.4, -0.2) is 35.5 Å². The fraction of sp³-hybridized carbons (Fsp3) is 0.917. The number of nitrogens with zero attached hydrogens (tertiary/aromatic N) is 1. The van der Waals surface area contributed by atoms with Crippen LogP contribution in [0.5, 0.6) is 0 Å². The topological polar surface area (TPSA) is 32.3 Å². The second-order valence-electron chi connectivity index (χ2n) is 5.82. The lowest BCUT2D eigenvalue weighted by Gasteiger charge is -2.52. The second-order valence-corrected chi connectivity index (χ2v) is 5.82. The van der Waals surface area contributed by atoms with E-state index >= 15 is 0 Å². The first-order valence-corrected chi connectivity index (χ1v) is 5.91. The molecule has 3 nitrogen and oxygen atoms in total. The summed E-state index contributed by atoms with van der Waals surface area (Å²) in [6.45, 7) is 10.3. The molecule has 2 saturated heterocycles. The molecule has 0 aromatic heterocycles. The molecule has 1 N–H and O–H groups in total. The maximum Gasteiger partial charge on any atom is 0.164 e. The molecule has 2 heterocycles. The van der Waals surface area contributed by atoms with Gasteiger partial charge in [0.15, 0.2) is 5.78 Å². The Morgan fingerprint density at radius 3 is 2.67 bits per heavy atom. The fourth-order valence-corrected chi connectivity index (χ4v) is 3.06. The molecule has 2 unspecified atom stereocenters. The van der Waals surface area contributed by atoms with Gasteiger partial charge in [-0.15, -0.1) is 0 Å². The molecule has 2 atom stereocenters. The van der Waals surface area contributed by atoms with Crippen molar-refractivity contribution in [1.82, 2.24) is 10.2 Å². The van der Waals surface area contributed by atoms with Crippen LogP contribution in [0.3, 0.4) is 0 Å². The van der Waals surface area contributed by atoms with Gasteiger partial charge >= 0.3 is 0 Å². The van der Waals surface area contributed by atoms with E-state index in [0.717, 1.165) is 13.1 Å². The highest BCUT2D eigenvalue weighted by Crippen LogP contribution is 2.40. The quantitative estimate of drug-likeness (QED) is 0.710. The van der Waals surface area contributed by atoms with Crippen LogP contribution < -0.4 is 5.32 Å². The van der Waals surface area contributed by atoms with E-state index in [1.807, 2.05) is 6.92 Å². The predicted molar refractivity (Wildman–Crippen MR) is 60.6 cm³/mol. The van der Waals surface area contributed by atoms with E-state index in [0.29, 0.717) is 6.04 Å². The SMILES string of the molecule is CC(=O)C1(C)NCC(C)(C)C2CCCN21. The lowest BCUT2D eigenvalue weighted by Crippen LogP contribution is -2.71. The van der Waals surface area contributed by atoms with E-state index in [-0.39, 0.29) is 11.2 Å². The van der Waals surface area contributed by atoms with E-state index in [2.05, 4.69) is 24.1 Å². The Labute approximate surface area is 92.2 Å². The number of rotatable bonds is 1. The van der Waals surface area contributed by atoms with E-state index in [4.69, 9.17) is 0 Å². The molecule has 15 heavy (non-hydrogen) atoms. The second kappa shape index (κ2) is 3.29. The summed E-state index contributed by atoms with van der Waals surface area (Å²) in [7, 11) is 0. The Morgan fingerprint density at radius 2 is 2.07 bits per heavy atom. The summed E-state index contributed by atoms with van der Waals surface area (Å²) in [6, 6.07) is 0.563. The Bertz CT molecular complexity index is 287. The normalized spacial score (nSPS) is 40.1. The summed E-state index contributed by atoms with van der Waals surface area (Å²) in [5.41, 5.74) is -0.137. The standard InChI is InChI=1S/C12H22N2O/c1-9(15)12(4)13-8-11(2,3)10-6-5-7-14(10)12/h10,13H,5-8H2,1-4H3. The molecule has 0 spiro atoms. The highest BCUT2D eigenvalue weighted by atomic mass is 16.1. The number of nitrogens with one attached hydrogen (secondary N) is 1.